The number of carbonyl (C=O) groups excluding carboxylic acids is 3. The van der Waals surface area contributed by atoms with E-state index in [9.17, 15) is 14.4 Å². The molecular formula is C63H122O6. The number of esters is 3. The third-order valence-corrected chi connectivity index (χ3v) is 14.5. The Morgan fingerprint density at radius 2 is 0.478 bits per heavy atom. The molecule has 0 aromatic heterocycles. The fourth-order valence-corrected chi connectivity index (χ4v) is 9.76. The van der Waals surface area contributed by atoms with Gasteiger partial charge in [0.2, 0.25) is 0 Å². The number of hydrogen-bond donors (Lipinski definition) is 0. The Morgan fingerprint density at radius 1 is 0.275 bits per heavy atom. The van der Waals surface area contributed by atoms with Gasteiger partial charge in [-0.05, 0) is 31.1 Å². The van der Waals surface area contributed by atoms with Crippen molar-refractivity contribution in [2.75, 3.05) is 13.2 Å². The molecule has 0 spiro atoms. The van der Waals surface area contributed by atoms with Crippen molar-refractivity contribution in [1.82, 2.24) is 0 Å². The highest BCUT2D eigenvalue weighted by molar-refractivity contribution is 5.71. The van der Waals surface area contributed by atoms with Crippen molar-refractivity contribution in [1.29, 1.82) is 0 Å². The fourth-order valence-electron chi connectivity index (χ4n) is 9.76. The van der Waals surface area contributed by atoms with Crippen LogP contribution in [0, 0.1) is 11.8 Å². The number of ether oxygens (including phenoxy) is 3. The van der Waals surface area contributed by atoms with E-state index in [-0.39, 0.29) is 31.1 Å². The van der Waals surface area contributed by atoms with Crippen LogP contribution in [0.4, 0.5) is 0 Å². The SMILES string of the molecule is CCCCCCCCCCCCCCCCC(=O)OC[C@@H](COC(=O)CCCCCCCCCCCCCCCCCCC(C)C)OC(=O)CCCCCCCCCCCCCCCCCC(C)C. The highest BCUT2D eigenvalue weighted by Gasteiger charge is 2.19. The molecule has 69 heavy (non-hydrogen) atoms. The Morgan fingerprint density at radius 3 is 0.710 bits per heavy atom. The van der Waals surface area contributed by atoms with E-state index in [2.05, 4.69) is 34.6 Å². The maximum absolute atomic E-state index is 12.9. The monoisotopic (exact) mass is 975 g/mol. The molecule has 0 radical (unpaired) electrons. The zero-order valence-electron chi connectivity index (χ0n) is 47.5. The molecule has 410 valence electrons. The molecule has 0 amide bonds. The second kappa shape index (κ2) is 55.7. The molecule has 0 rings (SSSR count). The van der Waals surface area contributed by atoms with Crippen molar-refractivity contribution < 1.29 is 28.6 Å². The molecule has 0 heterocycles. The lowest BCUT2D eigenvalue weighted by atomic mass is 10.0. The number of carbonyl (C=O) groups is 3. The maximum Gasteiger partial charge on any atom is 0.306 e. The van der Waals surface area contributed by atoms with E-state index in [4.69, 9.17) is 14.2 Å². The average Bonchev–Trinajstić information content (AvgIpc) is 3.32. The van der Waals surface area contributed by atoms with Crippen molar-refractivity contribution in [2.45, 2.75) is 362 Å². The predicted molar refractivity (Wildman–Crippen MR) is 298 cm³/mol. The van der Waals surface area contributed by atoms with Crippen LogP contribution in [0.5, 0.6) is 0 Å². The first kappa shape index (κ1) is 67.4. The molecule has 1 atom stereocenters. The van der Waals surface area contributed by atoms with Gasteiger partial charge in [-0.15, -0.1) is 0 Å². The molecule has 0 unspecified atom stereocenters. The lowest BCUT2D eigenvalue weighted by Crippen LogP contribution is -2.30. The largest absolute Gasteiger partial charge is 0.462 e. The molecular weight excluding hydrogens is 853 g/mol. The first-order chi connectivity index (χ1) is 33.7. The van der Waals surface area contributed by atoms with Crippen molar-refractivity contribution in [3.05, 3.63) is 0 Å². The normalized spacial score (nSPS) is 12.0. The van der Waals surface area contributed by atoms with Crippen LogP contribution in [-0.4, -0.2) is 37.2 Å². The van der Waals surface area contributed by atoms with E-state index in [1.165, 1.54) is 244 Å². The quantitative estimate of drug-likeness (QED) is 0.0343. The van der Waals surface area contributed by atoms with E-state index in [1.54, 1.807) is 0 Å². The molecule has 0 N–H and O–H groups in total. The summed E-state index contributed by atoms with van der Waals surface area (Å²) in [6.45, 7) is 11.5. The summed E-state index contributed by atoms with van der Waals surface area (Å²) in [5.74, 6) is 0.869. The van der Waals surface area contributed by atoms with Crippen LogP contribution in [0.25, 0.3) is 0 Å². The summed E-state index contributed by atoms with van der Waals surface area (Å²) < 4.78 is 16.9. The molecule has 0 aliphatic heterocycles. The zero-order chi connectivity index (χ0) is 50.4. The van der Waals surface area contributed by atoms with Crippen molar-refractivity contribution in [2.24, 2.45) is 11.8 Å². The summed E-state index contributed by atoms with van der Waals surface area (Å²) in [6.07, 6.45) is 61.0. The van der Waals surface area contributed by atoms with Crippen LogP contribution in [-0.2, 0) is 28.6 Å². The summed E-state index contributed by atoms with van der Waals surface area (Å²) in [5.41, 5.74) is 0. The molecule has 0 fully saturated rings. The number of hydrogen-bond acceptors (Lipinski definition) is 6. The highest BCUT2D eigenvalue weighted by atomic mass is 16.6. The minimum Gasteiger partial charge on any atom is -0.462 e. The van der Waals surface area contributed by atoms with Crippen LogP contribution < -0.4 is 0 Å². The van der Waals surface area contributed by atoms with Crippen LogP contribution in [0.15, 0.2) is 0 Å². The topological polar surface area (TPSA) is 78.9 Å². The highest BCUT2D eigenvalue weighted by Crippen LogP contribution is 2.19. The number of unbranched alkanes of at least 4 members (excludes halogenated alkanes) is 42. The Kier molecular flexibility index (Phi) is 54.4. The minimum atomic E-state index is -0.763. The van der Waals surface area contributed by atoms with Crippen LogP contribution in [0.3, 0.4) is 0 Å². The summed E-state index contributed by atoms with van der Waals surface area (Å²) in [5, 5.41) is 0. The molecule has 0 saturated carbocycles. The summed E-state index contributed by atoms with van der Waals surface area (Å²) in [4.78, 5) is 38.3. The Labute approximate surface area is 431 Å². The molecule has 0 aliphatic rings. The van der Waals surface area contributed by atoms with Crippen molar-refractivity contribution in [3.8, 4) is 0 Å². The smallest absolute Gasteiger partial charge is 0.306 e. The van der Waals surface area contributed by atoms with Gasteiger partial charge in [0, 0.05) is 19.3 Å². The average molecular weight is 976 g/mol. The first-order valence-corrected chi connectivity index (χ1v) is 31.2. The van der Waals surface area contributed by atoms with Gasteiger partial charge in [0.25, 0.3) is 0 Å². The van der Waals surface area contributed by atoms with Gasteiger partial charge < -0.3 is 14.2 Å². The maximum atomic E-state index is 12.9. The lowest BCUT2D eigenvalue weighted by molar-refractivity contribution is -0.167. The van der Waals surface area contributed by atoms with E-state index >= 15 is 0 Å². The fraction of sp³-hybridized carbons (Fsp3) is 0.952. The van der Waals surface area contributed by atoms with Gasteiger partial charge in [0.15, 0.2) is 6.10 Å². The first-order valence-electron chi connectivity index (χ1n) is 31.2. The van der Waals surface area contributed by atoms with E-state index in [0.29, 0.717) is 19.3 Å². The van der Waals surface area contributed by atoms with E-state index < -0.39 is 6.10 Å². The van der Waals surface area contributed by atoms with Crippen molar-refractivity contribution in [3.63, 3.8) is 0 Å². The Hall–Kier alpha value is -1.59. The van der Waals surface area contributed by atoms with E-state index in [0.717, 1.165) is 69.6 Å². The molecule has 0 saturated heterocycles. The lowest BCUT2D eigenvalue weighted by Gasteiger charge is -2.18. The molecule has 0 aromatic rings. The zero-order valence-corrected chi connectivity index (χ0v) is 47.5. The van der Waals surface area contributed by atoms with Gasteiger partial charge in [-0.2, -0.15) is 0 Å². The standard InChI is InChI=1S/C63H122O6/c1-6-7-8-9-10-11-12-13-23-28-33-38-43-48-53-61(64)67-56-60(69-63(66)55-50-45-40-35-30-25-20-16-18-22-27-32-37-42-47-52-59(4)5)57-68-62(65)54-49-44-39-34-29-24-19-15-14-17-21-26-31-36-41-46-51-58(2)3/h58-60H,6-57H2,1-5H3/t60-/m0/s1. The minimum absolute atomic E-state index is 0.0619. The summed E-state index contributed by atoms with van der Waals surface area (Å²) in [7, 11) is 0. The van der Waals surface area contributed by atoms with Gasteiger partial charge in [0.1, 0.15) is 13.2 Å². The second-order valence-corrected chi connectivity index (χ2v) is 22.6. The predicted octanol–water partition coefficient (Wildman–Crippen LogP) is 20.8. The summed E-state index contributed by atoms with van der Waals surface area (Å²) >= 11 is 0. The van der Waals surface area contributed by atoms with Gasteiger partial charge in [-0.3, -0.25) is 14.4 Å². The van der Waals surface area contributed by atoms with Crippen LogP contribution in [0.2, 0.25) is 0 Å². The van der Waals surface area contributed by atoms with Crippen molar-refractivity contribution >= 4 is 17.9 Å². The van der Waals surface area contributed by atoms with Crippen LogP contribution in [0.1, 0.15) is 356 Å². The molecule has 6 heteroatoms. The third-order valence-electron chi connectivity index (χ3n) is 14.5. The Bertz CT molecular complexity index is 1060. The van der Waals surface area contributed by atoms with Gasteiger partial charge in [0.05, 0.1) is 0 Å². The van der Waals surface area contributed by atoms with E-state index in [1.807, 2.05) is 0 Å². The van der Waals surface area contributed by atoms with Gasteiger partial charge in [-0.1, -0.05) is 317 Å². The Balaban J connectivity index is 4.28. The van der Waals surface area contributed by atoms with Gasteiger partial charge in [-0.25, -0.2) is 0 Å². The molecule has 0 aliphatic carbocycles. The van der Waals surface area contributed by atoms with Crippen LogP contribution >= 0.6 is 0 Å². The molecule has 0 bridgehead atoms. The third kappa shape index (κ3) is 57.2. The molecule has 0 aromatic carbocycles. The summed E-state index contributed by atoms with van der Waals surface area (Å²) in [6, 6.07) is 0. The molecule has 6 nitrogen and oxygen atoms in total. The second-order valence-electron chi connectivity index (χ2n) is 22.6. The van der Waals surface area contributed by atoms with Gasteiger partial charge >= 0.3 is 17.9 Å². The number of rotatable bonds is 57.